The highest BCUT2D eigenvalue weighted by atomic mass is 35.5. The van der Waals surface area contributed by atoms with E-state index >= 15 is 0 Å². The average molecular weight is 439 g/mol. The molecule has 2 aromatic carbocycles. The molecule has 156 valence electrons. The first kappa shape index (κ1) is 23.2. The van der Waals surface area contributed by atoms with Gasteiger partial charge in [0.05, 0.1) is 16.5 Å². The van der Waals surface area contributed by atoms with Crippen LogP contribution in [0.5, 0.6) is 0 Å². The monoisotopic (exact) mass is 438 g/mol. The van der Waals surface area contributed by atoms with Crippen molar-refractivity contribution in [3.63, 3.8) is 0 Å². The standard InChI is InChI=1S/C17H17Cl2N.C4H7NO4/c1-20-17-9-7-12(13-4-2-3-5-14(13)17)11-6-8-15(18)16(19)10-11;5-2(4(8)9)1-3(6)7/h2-6,8,10,12,17,20H,7,9H2,1H3;2H,1,5H2,(H,6,7)(H,8,9)/t12-,17-;2-/m00/s1. The summed E-state index contributed by atoms with van der Waals surface area (Å²) < 4.78 is 0. The number of carboxylic acids is 2. The summed E-state index contributed by atoms with van der Waals surface area (Å²) in [5.74, 6) is -2.09. The Morgan fingerprint density at radius 1 is 1.10 bits per heavy atom. The summed E-state index contributed by atoms with van der Waals surface area (Å²) in [5, 5.41) is 20.7. The first-order valence-electron chi connectivity index (χ1n) is 9.15. The Balaban J connectivity index is 0.000000284. The van der Waals surface area contributed by atoms with Crippen LogP contribution >= 0.6 is 23.2 Å². The van der Waals surface area contributed by atoms with Crippen molar-refractivity contribution in [2.24, 2.45) is 5.73 Å². The lowest BCUT2D eigenvalue weighted by molar-refractivity contribution is -0.144. The Morgan fingerprint density at radius 3 is 2.28 bits per heavy atom. The summed E-state index contributed by atoms with van der Waals surface area (Å²) in [6.45, 7) is 0. The van der Waals surface area contributed by atoms with Crippen LogP contribution in [0.15, 0.2) is 42.5 Å². The molecule has 1 aliphatic carbocycles. The van der Waals surface area contributed by atoms with Gasteiger partial charge in [-0.1, -0.05) is 53.5 Å². The van der Waals surface area contributed by atoms with Crippen molar-refractivity contribution in [2.45, 2.75) is 37.3 Å². The summed E-state index contributed by atoms with van der Waals surface area (Å²) in [7, 11) is 2.03. The van der Waals surface area contributed by atoms with Gasteiger partial charge >= 0.3 is 11.9 Å². The highest BCUT2D eigenvalue weighted by molar-refractivity contribution is 6.42. The van der Waals surface area contributed by atoms with E-state index < -0.39 is 24.4 Å². The van der Waals surface area contributed by atoms with Gasteiger partial charge in [-0.25, -0.2) is 0 Å². The molecule has 8 heteroatoms. The number of nitrogens with two attached hydrogens (primary N) is 1. The van der Waals surface area contributed by atoms with Gasteiger partial charge in [0.1, 0.15) is 6.04 Å². The third kappa shape index (κ3) is 6.18. The van der Waals surface area contributed by atoms with E-state index in [4.69, 9.17) is 39.1 Å². The van der Waals surface area contributed by atoms with Crippen molar-refractivity contribution >= 4 is 35.1 Å². The lowest BCUT2D eigenvalue weighted by atomic mass is 9.77. The Morgan fingerprint density at radius 2 is 1.76 bits per heavy atom. The Hall–Kier alpha value is -2.12. The maximum Gasteiger partial charge on any atom is 0.321 e. The second-order valence-electron chi connectivity index (χ2n) is 6.82. The number of carbonyl (C=O) groups is 2. The number of carboxylic acid groups (broad SMARTS) is 2. The number of aliphatic carboxylic acids is 2. The quantitative estimate of drug-likeness (QED) is 0.559. The van der Waals surface area contributed by atoms with E-state index in [0.29, 0.717) is 22.0 Å². The zero-order valence-electron chi connectivity index (χ0n) is 15.9. The van der Waals surface area contributed by atoms with Gasteiger partial charge in [-0.2, -0.15) is 0 Å². The molecule has 3 rings (SSSR count). The van der Waals surface area contributed by atoms with E-state index in [0.717, 1.165) is 12.8 Å². The van der Waals surface area contributed by atoms with Crippen molar-refractivity contribution in [1.82, 2.24) is 5.32 Å². The van der Waals surface area contributed by atoms with E-state index in [2.05, 4.69) is 35.6 Å². The fourth-order valence-electron chi connectivity index (χ4n) is 3.44. The molecule has 6 nitrogen and oxygen atoms in total. The number of hydrogen-bond acceptors (Lipinski definition) is 4. The molecule has 0 aromatic heterocycles. The van der Waals surface area contributed by atoms with Crippen LogP contribution in [0.4, 0.5) is 0 Å². The topological polar surface area (TPSA) is 113 Å². The zero-order valence-corrected chi connectivity index (χ0v) is 17.5. The Kier molecular flexibility index (Phi) is 8.46. The maximum absolute atomic E-state index is 9.85. The molecule has 0 bridgehead atoms. The molecule has 0 saturated carbocycles. The number of benzene rings is 2. The third-order valence-electron chi connectivity index (χ3n) is 4.90. The summed E-state index contributed by atoms with van der Waals surface area (Å²) >= 11 is 12.2. The van der Waals surface area contributed by atoms with Crippen LogP contribution in [0.1, 0.15) is 47.9 Å². The molecule has 0 heterocycles. The van der Waals surface area contributed by atoms with E-state index in [1.165, 1.54) is 16.7 Å². The normalized spacial score (nSPS) is 18.8. The highest BCUT2D eigenvalue weighted by Crippen LogP contribution is 2.42. The molecule has 0 fully saturated rings. The summed E-state index contributed by atoms with van der Waals surface area (Å²) in [6.07, 6.45) is 1.73. The van der Waals surface area contributed by atoms with E-state index in [1.807, 2.05) is 19.2 Å². The van der Waals surface area contributed by atoms with Gasteiger partial charge in [0, 0.05) is 12.0 Å². The number of fused-ring (bicyclic) bond motifs is 1. The van der Waals surface area contributed by atoms with Gasteiger partial charge < -0.3 is 21.3 Å². The number of nitrogens with one attached hydrogen (secondary N) is 1. The van der Waals surface area contributed by atoms with Crippen LogP contribution < -0.4 is 11.1 Å². The lowest BCUT2D eigenvalue weighted by Crippen LogP contribution is -2.32. The average Bonchev–Trinajstić information content (AvgIpc) is 2.69. The van der Waals surface area contributed by atoms with Gasteiger partial charge in [-0.15, -0.1) is 0 Å². The molecule has 0 saturated heterocycles. The molecule has 29 heavy (non-hydrogen) atoms. The summed E-state index contributed by atoms with van der Waals surface area (Å²) in [6, 6.07) is 13.8. The smallest absolute Gasteiger partial charge is 0.321 e. The Bertz CT molecular complexity index is 876. The lowest BCUT2D eigenvalue weighted by Gasteiger charge is -2.32. The fourth-order valence-corrected chi connectivity index (χ4v) is 3.75. The highest BCUT2D eigenvalue weighted by Gasteiger charge is 2.27. The molecule has 0 unspecified atom stereocenters. The van der Waals surface area contributed by atoms with Crippen LogP contribution in [0.3, 0.4) is 0 Å². The van der Waals surface area contributed by atoms with Gasteiger partial charge in [0.25, 0.3) is 0 Å². The molecule has 0 spiro atoms. The second-order valence-corrected chi connectivity index (χ2v) is 7.63. The predicted molar refractivity (Wildman–Crippen MR) is 114 cm³/mol. The molecular formula is C21H24Cl2N2O4. The number of hydrogen-bond donors (Lipinski definition) is 4. The van der Waals surface area contributed by atoms with Crippen molar-refractivity contribution < 1.29 is 19.8 Å². The van der Waals surface area contributed by atoms with Crippen molar-refractivity contribution in [3.05, 3.63) is 69.2 Å². The van der Waals surface area contributed by atoms with Crippen LogP contribution in [-0.4, -0.2) is 35.2 Å². The maximum atomic E-state index is 9.85. The molecule has 5 N–H and O–H groups in total. The minimum Gasteiger partial charge on any atom is -0.481 e. The van der Waals surface area contributed by atoms with Crippen molar-refractivity contribution in [1.29, 1.82) is 0 Å². The first-order chi connectivity index (χ1) is 13.7. The van der Waals surface area contributed by atoms with E-state index in [-0.39, 0.29) is 0 Å². The number of halogens is 2. The minimum atomic E-state index is -1.29. The molecule has 1 aliphatic rings. The zero-order chi connectivity index (χ0) is 21.6. The predicted octanol–water partition coefficient (Wildman–Crippen LogP) is 4.05. The number of rotatable bonds is 5. The van der Waals surface area contributed by atoms with Gasteiger partial charge in [0.15, 0.2) is 0 Å². The van der Waals surface area contributed by atoms with Crippen LogP contribution in [-0.2, 0) is 9.59 Å². The van der Waals surface area contributed by atoms with E-state index in [1.54, 1.807) is 0 Å². The summed E-state index contributed by atoms with van der Waals surface area (Å²) in [5.41, 5.74) is 8.89. The van der Waals surface area contributed by atoms with Crippen LogP contribution in [0, 0.1) is 0 Å². The van der Waals surface area contributed by atoms with Gasteiger partial charge in [-0.05, 0) is 48.7 Å². The molecule has 0 radical (unpaired) electrons. The van der Waals surface area contributed by atoms with Crippen LogP contribution in [0.2, 0.25) is 10.0 Å². The third-order valence-corrected chi connectivity index (χ3v) is 5.64. The van der Waals surface area contributed by atoms with E-state index in [9.17, 15) is 9.59 Å². The largest absolute Gasteiger partial charge is 0.481 e. The fraction of sp³-hybridized carbons (Fsp3) is 0.333. The van der Waals surface area contributed by atoms with Gasteiger partial charge in [-0.3, -0.25) is 9.59 Å². The first-order valence-corrected chi connectivity index (χ1v) is 9.91. The minimum absolute atomic E-state index is 0.408. The summed E-state index contributed by atoms with van der Waals surface area (Å²) in [4.78, 5) is 19.6. The molecular weight excluding hydrogens is 415 g/mol. The second kappa shape index (κ2) is 10.6. The molecule has 3 atom stereocenters. The molecule has 2 aromatic rings. The molecule has 0 amide bonds. The van der Waals surface area contributed by atoms with Gasteiger partial charge in [0.2, 0.25) is 0 Å². The molecule has 0 aliphatic heterocycles. The Labute approximate surface area is 179 Å². The van der Waals surface area contributed by atoms with Crippen molar-refractivity contribution in [3.8, 4) is 0 Å². The van der Waals surface area contributed by atoms with Crippen molar-refractivity contribution in [2.75, 3.05) is 7.05 Å². The SMILES string of the molecule is CN[C@H]1CC[C@@H](c2ccc(Cl)c(Cl)c2)c2ccccc21.N[C@@H](CC(=O)O)C(=O)O. The van der Waals surface area contributed by atoms with Crippen LogP contribution in [0.25, 0.3) is 0 Å².